The van der Waals surface area contributed by atoms with Crippen molar-refractivity contribution in [3.8, 4) is 0 Å². The highest BCUT2D eigenvalue weighted by Crippen LogP contribution is 2.26. The van der Waals surface area contributed by atoms with Crippen LogP contribution in [0.15, 0.2) is 78.9 Å². The topological polar surface area (TPSA) is 58.2 Å². The maximum Gasteiger partial charge on any atom is 0.255 e. The summed E-state index contributed by atoms with van der Waals surface area (Å²) in [5, 5.41) is 5.71. The molecule has 140 valence electrons. The van der Waals surface area contributed by atoms with Crippen molar-refractivity contribution < 1.29 is 14.0 Å². The highest BCUT2D eigenvalue weighted by molar-refractivity contribution is 6.34. The Hall–Kier alpha value is -3.44. The zero-order valence-electron chi connectivity index (χ0n) is 14.7. The van der Waals surface area contributed by atoms with E-state index in [1.807, 2.05) is 6.07 Å². The average molecular weight is 395 g/mol. The van der Waals surface area contributed by atoms with Gasteiger partial charge in [0.15, 0.2) is 0 Å². The third-order valence-electron chi connectivity index (χ3n) is 3.82. The maximum atomic E-state index is 12.9. The van der Waals surface area contributed by atoms with Gasteiger partial charge < -0.3 is 10.6 Å². The minimum atomic E-state index is -0.360. The second-order valence-electron chi connectivity index (χ2n) is 5.89. The standard InChI is InChI=1S/C22H16ClFN2O2/c23-19-14-18(25-21(27)13-8-15-6-9-17(24)10-7-15)11-12-20(19)26-22(28)16-4-2-1-3-5-16/h1-14H,(H,25,27)(H,26,28)/b13-8+. The summed E-state index contributed by atoms with van der Waals surface area (Å²) in [5.74, 6) is -0.973. The van der Waals surface area contributed by atoms with Gasteiger partial charge >= 0.3 is 0 Å². The van der Waals surface area contributed by atoms with Gasteiger partial charge in [-0.2, -0.15) is 0 Å². The minimum absolute atomic E-state index is 0.276. The Kier molecular flexibility index (Phi) is 6.19. The first-order valence-electron chi connectivity index (χ1n) is 8.42. The maximum absolute atomic E-state index is 12.9. The van der Waals surface area contributed by atoms with Crippen LogP contribution in [-0.2, 0) is 4.79 Å². The molecule has 3 aromatic rings. The normalized spacial score (nSPS) is 10.6. The van der Waals surface area contributed by atoms with Gasteiger partial charge in [0.2, 0.25) is 5.91 Å². The molecule has 0 spiro atoms. The van der Waals surface area contributed by atoms with Crippen molar-refractivity contribution in [2.75, 3.05) is 10.6 Å². The van der Waals surface area contributed by atoms with E-state index in [0.29, 0.717) is 27.5 Å². The monoisotopic (exact) mass is 394 g/mol. The summed E-state index contributed by atoms with van der Waals surface area (Å²) in [6, 6.07) is 19.3. The molecule has 3 rings (SSSR count). The SMILES string of the molecule is O=C(/C=C/c1ccc(F)cc1)Nc1ccc(NC(=O)c2ccccc2)c(Cl)c1. The van der Waals surface area contributed by atoms with Gasteiger partial charge in [-0.25, -0.2) is 4.39 Å². The lowest BCUT2D eigenvalue weighted by molar-refractivity contribution is -0.111. The zero-order chi connectivity index (χ0) is 19.9. The number of benzene rings is 3. The number of amides is 2. The lowest BCUT2D eigenvalue weighted by Crippen LogP contribution is -2.12. The van der Waals surface area contributed by atoms with Crippen LogP contribution in [-0.4, -0.2) is 11.8 Å². The molecule has 2 N–H and O–H groups in total. The van der Waals surface area contributed by atoms with Gasteiger partial charge in [0.1, 0.15) is 5.82 Å². The summed E-state index contributed by atoms with van der Waals surface area (Å²) < 4.78 is 12.9. The van der Waals surface area contributed by atoms with Crippen LogP contribution in [0.25, 0.3) is 6.08 Å². The number of carbonyl (C=O) groups is 2. The van der Waals surface area contributed by atoms with Crippen molar-refractivity contribution in [2.24, 2.45) is 0 Å². The lowest BCUT2D eigenvalue weighted by atomic mass is 10.2. The van der Waals surface area contributed by atoms with Crippen molar-refractivity contribution in [1.29, 1.82) is 0 Å². The van der Waals surface area contributed by atoms with E-state index in [4.69, 9.17) is 11.6 Å². The van der Waals surface area contributed by atoms with Gasteiger partial charge in [-0.3, -0.25) is 9.59 Å². The third kappa shape index (κ3) is 5.28. The molecule has 3 aromatic carbocycles. The van der Waals surface area contributed by atoms with Crippen molar-refractivity contribution in [2.45, 2.75) is 0 Å². The van der Waals surface area contributed by atoms with E-state index in [2.05, 4.69) is 10.6 Å². The fourth-order valence-corrected chi connectivity index (χ4v) is 2.64. The van der Waals surface area contributed by atoms with Crippen LogP contribution in [0.3, 0.4) is 0 Å². The molecule has 28 heavy (non-hydrogen) atoms. The minimum Gasteiger partial charge on any atom is -0.322 e. The summed E-state index contributed by atoms with van der Waals surface area (Å²) in [6.45, 7) is 0. The van der Waals surface area contributed by atoms with Crippen LogP contribution in [0, 0.1) is 5.82 Å². The number of hydrogen-bond acceptors (Lipinski definition) is 2. The Morgan fingerprint density at radius 2 is 1.61 bits per heavy atom. The molecule has 0 radical (unpaired) electrons. The van der Waals surface area contributed by atoms with Crippen LogP contribution in [0.4, 0.5) is 15.8 Å². The molecule has 2 amide bonds. The number of hydrogen-bond donors (Lipinski definition) is 2. The van der Waals surface area contributed by atoms with Gasteiger partial charge in [-0.1, -0.05) is 41.9 Å². The second kappa shape index (κ2) is 8.97. The molecule has 0 atom stereocenters. The summed E-state index contributed by atoms with van der Waals surface area (Å²) in [6.07, 6.45) is 2.91. The van der Waals surface area contributed by atoms with Crippen LogP contribution >= 0.6 is 11.6 Å². The van der Waals surface area contributed by atoms with E-state index in [9.17, 15) is 14.0 Å². The molecule has 0 aliphatic heterocycles. The van der Waals surface area contributed by atoms with E-state index in [0.717, 1.165) is 0 Å². The fraction of sp³-hybridized carbons (Fsp3) is 0. The molecule has 0 aliphatic rings. The van der Waals surface area contributed by atoms with Crippen LogP contribution in [0.1, 0.15) is 15.9 Å². The van der Waals surface area contributed by atoms with Crippen molar-refractivity contribution in [3.63, 3.8) is 0 Å². The highest BCUT2D eigenvalue weighted by atomic mass is 35.5. The molecular weight excluding hydrogens is 379 g/mol. The molecule has 0 bridgehead atoms. The number of carbonyl (C=O) groups excluding carboxylic acids is 2. The van der Waals surface area contributed by atoms with Crippen molar-refractivity contribution in [3.05, 3.63) is 101 Å². The van der Waals surface area contributed by atoms with Crippen LogP contribution in [0.2, 0.25) is 5.02 Å². The highest BCUT2D eigenvalue weighted by Gasteiger charge is 2.09. The van der Waals surface area contributed by atoms with Crippen molar-refractivity contribution >= 4 is 40.9 Å². The largest absolute Gasteiger partial charge is 0.322 e. The zero-order valence-corrected chi connectivity index (χ0v) is 15.4. The third-order valence-corrected chi connectivity index (χ3v) is 4.13. The van der Waals surface area contributed by atoms with Crippen molar-refractivity contribution in [1.82, 2.24) is 0 Å². The fourth-order valence-electron chi connectivity index (χ4n) is 2.41. The van der Waals surface area contributed by atoms with Gasteiger partial charge in [0, 0.05) is 17.3 Å². The van der Waals surface area contributed by atoms with E-state index in [-0.39, 0.29) is 17.6 Å². The Morgan fingerprint density at radius 1 is 0.893 bits per heavy atom. The molecular formula is C22H16ClFN2O2. The predicted octanol–water partition coefficient (Wildman–Crippen LogP) is 5.38. The quantitative estimate of drug-likeness (QED) is 0.570. The van der Waals surface area contributed by atoms with Crippen LogP contribution < -0.4 is 10.6 Å². The number of rotatable bonds is 5. The summed E-state index contributed by atoms with van der Waals surface area (Å²) in [4.78, 5) is 24.2. The number of halogens is 2. The first-order chi connectivity index (χ1) is 13.5. The molecule has 0 aromatic heterocycles. The van der Waals surface area contributed by atoms with Gasteiger partial charge in [-0.15, -0.1) is 0 Å². The molecule has 0 fully saturated rings. The van der Waals surface area contributed by atoms with E-state index < -0.39 is 0 Å². The molecule has 6 heteroatoms. The Balaban J connectivity index is 1.62. The summed E-state index contributed by atoms with van der Waals surface area (Å²) >= 11 is 6.21. The molecule has 0 saturated heterocycles. The van der Waals surface area contributed by atoms with E-state index in [1.54, 1.807) is 60.7 Å². The Bertz CT molecular complexity index is 1020. The molecule has 0 saturated carbocycles. The number of anilines is 2. The van der Waals surface area contributed by atoms with Gasteiger partial charge in [0.25, 0.3) is 5.91 Å². The van der Waals surface area contributed by atoms with Gasteiger partial charge in [-0.05, 0) is 54.1 Å². The van der Waals surface area contributed by atoms with Gasteiger partial charge in [0.05, 0.1) is 10.7 Å². The lowest BCUT2D eigenvalue weighted by Gasteiger charge is -2.09. The molecule has 4 nitrogen and oxygen atoms in total. The second-order valence-corrected chi connectivity index (χ2v) is 6.30. The van der Waals surface area contributed by atoms with Crippen LogP contribution in [0.5, 0.6) is 0 Å². The first-order valence-corrected chi connectivity index (χ1v) is 8.79. The Labute approximate surface area is 166 Å². The number of nitrogens with one attached hydrogen (secondary N) is 2. The smallest absolute Gasteiger partial charge is 0.255 e. The molecule has 0 heterocycles. The average Bonchev–Trinajstić information content (AvgIpc) is 2.70. The Morgan fingerprint density at radius 3 is 2.29 bits per heavy atom. The molecule has 0 aliphatic carbocycles. The summed E-state index contributed by atoms with van der Waals surface area (Å²) in [5.41, 5.74) is 2.14. The predicted molar refractivity (Wildman–Crippen MR) is 110 cm³/mol. The first kappa shape index (κ1) is 19.3. The molecule has 0 unspecified atom stereocenters. The van der Waals surface area contributed by atoms with E-state index >= 15 is 0 Å². The summed E-state index contributed by atoms with van der Waals surface area (Å²) in [7, 11) is 0. The van der Waals surface area contributed by atoms with E-state index in [1.165, 1.54) is 18.2 Å².